The van der Waals surface area contributed by atoms with Gasteiger partial charge < -0.3 is 16.0 Å². The summed E-state index contributed by atoms with van der Waals surface area (Å²) in [4.78, 5) is 24.5. The lowest BCUT2D eigenvalue weighted by Gasteiger charge is -2.10. The zero-order valence-electron chi connectivity index (χ0n) is 18.9. The maximum atomic E-state index is 12.4. The molecule has 1 aromatic carbocycles. The number of nitrogens with zero attached hydrogens (tertiary/aromatic N) is 3. The average molecular weight is 449 g/mol. The minimum atomic E-state index is -0.615. The molecule has 1 aliphatic rings. The molecule has 0 atom stereocenters. The molecule has 0 unspecified atom stereocenters. The van der Waals surface area contributed by atoms with Gasteiger partial charge in [-0.15, -0.1) is 6.58 Å². The second-order valence-electron chi connectivity index (χ2n) is 8.94. The standard InChI is InChI=1S/C24H28N6O3/c1-14(2)4-9-17-13-19(33-29-17)27-18(31)12-15-5-7-16(8-6-15)21-20(23(26)32)22(25)30(28-21)24(3)10-11-24/h5-8,13H,1,4,9-12,25H2,2-3H3,(H2,26,32)(H,27,31). The van der Waals surface area contributed by atoms with E-state index < -0.39 is 5.91 Å². The third-order valence-electron chi connectivity index (χ3n) is 5.87. The van der Waals surface area contributed by atoms with Crippen molar-refractivity contribution in [2.75, 3.05) is 11.1 Å². The second-order valence-corrected chi connectivity index (χ2v) is 8.94. The van der Waals surface area contributed by atoms with Gasteiger partial charge >= 0.3 is 0 Å². The van der Waals surface area contributed by atoms with Crippen molar-refractivity contribution in [2.45, 2.75) is 51.5 Å². The number of amides is 2. The molecule has 1 saturated carbocycles. The molecule has 0 bridgehead atoms. The number of allylic oxidation sites excluding steroid dienone is 1. The van der Waals surface area contributed by atoms with Crippen LogP contribution in [0.4, 0.5) is 11.7 Å². The zero-order chi connectivity index (χ0) is 23.8. The number of primary amides is 1. The van der Waals surface area contributed by atoms with Crippen LogP contribution >= 0.6 is 0 Å². The van der Waals surface area contributed by atoms with Crippen LogP contribution in [-0.4, -0.2) is 26.8 Å². The normalized spacial score (nSPS) is 14.1. The van der Waals surface area contributed by atoms with Crippen LogP contribution in [0.25, 0.3) is 11.3 Å². The van der Waals surface area contributed by atoms with E-state index in [4.69, 9.17) is 16.0 Å². The van der Waals surface area contributed by atoms with Crippen LogP contribution in [0.3, 0.4) is 0 Å². The van der Waals surface area contributed by atoms with Gasteiger partial charge in [-0.2, -0.15) is 5.10 Å². The van der Waals surface area contributed by atoms with Crippen LogP contribution < -0.4 is 16.8 Å². The average Bonchev–Trinajstić information content (AvgIpc) is 3.17. The van der Waals surface area contributed by atoms with Crippen molar-refractivity contribution >= 4 is 23.5 Å². The van der Waals surface area contributed by atoms with Crippen molar-refractivity contribution in [1.29, 1.82) is 0 Å². The monoisotopic (exact) mass is 448 g/mol. The van der Waals surface area contributed by atoms with Crippen molar-refractivity contribution < 1.29 is 14.1 Å². The lowest BCUT2D eigenvalue weighted by molar-refractivity contribution is -0.115. The van der Waals surface area contributed by atoms with Gasteiger partial charge in [0.1, 0.15) is 17.1 Å². The summed E-state index contributed by atoms with van der Waals surface area (Å²) in [5.41, 5.74) is 15.6. The highest BCUT2D eigenvalue weighted by molar-refractivity contribution is 6.03. The van der Waals surface area contributed by atoms with E-state index in [0.29, 0.717) is 23.6 Å². The Kier molecular flexibility index (Phi) is 5.80. The quantitative estimate of drug-likeness (QED) is 0.428. The fourth-order valence-electron chi connectivity index (χ4n) is 3.66. The number of carbonyl (C=O) groups is 2. The maximum Gasteiger partial charge on any atom is 0.254 e. The van der Waals surface area contributed by atoms with Gasteiger partial charge in [0.2, 0.25) is 11.8 Å². The number of benzene rings is 1. The predicted molar refractivity (Wildman–Crippen MR) is 125 cm³/mol. The molecule has 33 heavy (non-hydrogen) atoms. The first-order valence-electron chi connectivity index (χ1n) is 10.8. The van der Waals surface area contributed by atoms with Crippen molar-refractivity contribution in [1.82, 2.24) is 14.9 Å². The SMILES string of the molecule is C=C(C)CCc1cc(NC(=O)Cc2ccc(-c3nn(C4(C)CC4)c(N)c3C(N)=O)cc2)on1. The van der Waals surface area contributed by atoms with Gasteiger partial charge in [0.15, 0.2) is 0 Å². The summed E-state index contributed by atoms with van der Waals surface area (Å²) in [6.45, 7) is 7.87. The van der Waals surface area contributed by atoms with Crippen LogP contribution in [0, 0.1) is 0 Å². The van der Waals surface area contributed by atoms with Crippen LogP contribution in [0.2, 0.25) is 0 Å². The van der Waals surface area contributed by atoms with E-state index in [0.717, 1.165) is 36.1 Å². The fourth-order valence-corrected chi connectivity index (χ4v) is 3.66. The van der Waals surface area contributed by atoms with Gasteiger partial charge in [-0.3, -0.25) is 14.9 Å². The Hall–Kier alpha value is -3.88. The van der Waals surface area contributed by atoms with Gasteiger partial charge in [-0.1, -0.05) is 35.0 Å². The Morgan fingerprint density at radius 3 is 2.58 bits per heavy atom. The number of aryl methyl sites for hydroxylation is 1. The molecule has 9 heteroatoms. The molecule has 172 valence electrons. The number of aromatic nitrogens is 3. The summed E-state index contributed by atoms with van der Waals surface area (Å²) >= 11 is 0. The highest BCUT2D eigenvalue weighted by atomic mass is 16.5. The summed E-state index contributed by atoms with van der Waals surface area (Å²) in [5, 5.41) is 11.3. The number of hydrogen-bond acceptors (Lipinski definition) is 6. The first-order chi connectivity index (χ1) is 15.7. The van der Waals surface area contributed by atoms with E-state index in [9.17, 15) is 9.59 Å². The predicted octanol–water partition coefficient (Wildman–Crippen LogP) is 3.42. The molecule has 5 N–H and O–H groups in total. The van der Waals surface area contributed by atoms with Gasteiger partial charge in [-0.05, 0) is 45.1 Å². The van der Waals surface area contributed by atoms with Crippen molar-refractivity contribution in [3.63, 3.8) is 0 Å². The van der Waals surface area contributed by atoms with Gasteiger partial charge in [0.25, 0.3) is 5.91 Å². The van der Waals surface area contributed by atoms with Gasteiger partial charge in [0.05, 0.1) is 17.7 Å². The van der Waals surface area contributed by atoms with E-state index in [2.05, 4.69) is 22.2 Å². The molecule has 4 rings (SSSR count). The molecule has 0 aliphatic heterocycles. The van der Waals surface area contributed by atoms with Crippen molar-refractivity contribution in [3.05, 3.63) is 59.3 Å². The first kappa shape index (κ1) is 22.3. The van der Waals surface area contributed by atoms with E-state index in [1.807, 2.05) is 26.0 Å². The smallest absolute Gasteiger partial charge is 0.254 e. The number of nitrogens with one attached hydrogen (secondary N) is 1. The summed E-state index contributed by atoms with van der Waals surface area (Å²) in [6.07, 6.45) is 3.57. The fraction of sp³-hybridized carbons (Fsp3) is 0.333. The number of hydrogen-bond donors (Lipinski definition) is 3. The first-order valence-corrected chi connectivity index (χ1v) is 10.8. The Labute approximate surface area is 191 Å². The van der Waals surface area contributed by atoms with E-state index in [1.54, 1.807) is 22.9 Å². The molecule has 3 aromatic rings. The van der Waals surface area contributed by atoms with Crippen molar-refractivity contribution in [3.8, 4) is 11.3 Å². The third kappa shape index (κ3) is 4.82. The van der Waals surface area contributed by atoms with Crippen LogP contribution in [-0.2, 0) is 23.2 Å². The lowest BCUT2D eigenvalue weighted by atomic mass is 10.0. The summed E-state index contributed by atoms with van der Waals surface area (Å²) in [7, 11) is 0. The summed E-state index contributed by atoms with van der Waals surface area (Å²) < 4.78 is 6.89. The van der Waals surface area contributed by atoms with E-state index in [-0.39, 0.29) is 29.2 Å². The highest BCUT2D eigenvalue weighted by Crippen LogP contribution is 2.45. The maximum absolute atomic E-state index is 12.4. The summed E-state index contributed by atoms with van der Waals surface area (Å²) in [6, 6.07) is 8.95. The Balaban J connectivity index is 1.44. The largest absolute Gasteiger partial charge is 0.383 e. The van der Waals surface area contributed by atoms with Gasteiger partial charge in [0, 0.05) is 11.6 Å². The molecule has 2 amide bonds. The molecular formula is C24H28N6O3. The number of carbonyl (C=O) groups excluding carboxylic acids is 2. The van der Waals surface area contributed by atoms with E-state index in [1.165, 1.54) is 0 Å². The minimum Gasteiger partial charge on any atom is -0.383 e. The molecule has 0 spiro atoms. The molecule has 2 aromatic heterocycles. The molecule has 0 radical (unpaired) electrons. The lowest BCUT2D eigenvalue weighted by Crippen LogP contribution is -2.19. The number of rotatable bonds is 9. The molecule has 0 saturated heterocycles. The zero-order valence-corrected chi connectivity index (χ0v) is 18.9. The minimum absolute atomic E-state index is 0.152. The molecule has 1 aliphatic carbocycles. The Bertz CT molecular complexity index is 1220. The number of anilines is 2. The van der Waals surface area contributed by atoms with Gasteiger partial charge in [-0.25, -0.2) is 4.68 Å². The Morgan fingerprint density at radius 2 is 1.97 bits per heavy atom. The number of nitrogens with two attached hydrogens (primary N) is 2. The van der Waals surface area contributed by atoms with E-state index >= 15 is 0 Å². The highest BCUT2D eigenvalue weighted by Gasteiger charge is 2.43. The topological polar surface area (TPSA) is 142 Å². The number of nitrogen functional groups attached to an aromatic ring is 1. The van der Waals surface area contributed by atoms with Crippen LogP contribution in [0.1, 0.15) is 54.7 Å². The third-order valence-corrected chi connectivity index (χ3v) is 5.87. The Morgan fingerprint density at radius 1 is 1.27 bits per heavy atom. The van der Waals surface area contributed by atoms with Crippen LogP contribution in [0.5, 0.6) is 0 Å². The summed E-state index contributed by atoms with van der Waals surface area (Å²) in [5.74, 6) is -0.237. The molecule has 9 nitrogen and oxygen atoms in total. The molecule has 1 fully saturated rings. The van der Waals surface area contributed by atoms with Crippen molar-refractivity contribution in [2.24, 2.45) is 5.73 Å². The second kappa shape index (κ2) is 8.57. The molecule has 2 heterocycles. The molecular weight excluding hydrogens is 420 g/mol. The van der Waals surface area contributed by atoms with Crippen LogP contribution in [0.15, 0.2) is 47.0 Å².